The number of nitrogens with two attached hydrogens (primary N) is 1. The predicted molar refractivity (Wildman–Crippen MR) is 137 cm³/mol. The van der Waals surface area contributed by atoms with Crippen LogP contribution in [-0.4, -0.2) is 27.0 Å². The number of rotatable bonds is 5. The highest BCUT2D eigenvalue weighted by Gasteiger charge is 2.24. The van der Waals surface area contributed by atoms with Crippen molar-refractivity contribution in [1.82, 2.24) is 13.5 Å². The molecule has 0 unspecified atom stereocenters. The highest BCUT2D eigenvalue weighted by molar-refractivity contribution is 7.90. The van der Waals surface area contributed by atoms with Gasteiger partial charge in [0.25, 0.3) is 15.6 Å². The number of fused-ring (bicyclic) bond motifs is 1. The molecule has 0 aliphatic carbocycles. The Morgan fingerprint density at radius 1 is 1.00 bits per heavy atom. The van der Waals surface area contributed by atoms with Gasteiger partial charge in [0, 0.05) is 36.0 Å². The number of phenols is 1. The number of phenolic OH excluding ortho intramolecular Hbond substituents is 1. The van der Waals surface area contributed by atoms with E-state index in [1.807, 2.05) is 6.92 Å². The minimum Gasteiger partial charge on any atom is -0.508 e. The van der Waals surface area contributed by atoms with Gasteiger partial charge in [-0.25, -0.2) is 17.4 Å². The van der Waals surface area contributed by atoms with Crippen LogP contribution in [0.15, 0.2) is 88.9 Å². The van der Waals surface area contributed by atoms with Crippen molar-refractivity contribution < 1.29 is 18.3 Å². The molecule has 0 atom stereocenters. The first kappa shape index (κ1) is 23.2. The van der Waals surface area contributed by atoms with E-state index in [4.69, 9.17) is 10.5 Å². The van der Waals surface area contributed by atoms with E-state index in [1.54, 1.807) is 49.6 Å². The molecule has 0 saturated carbocycles. The summed E-state index contributed by atoms with van der Waals surface area (Å²) in [5, 5.41) is 9.96. The van der Waals surface area contributed by atoms with E-state index in [1.165, 1.54) is 41.2 Å². The van der Waals surface area contributed by atoms with Crippen molar-refractivity contribution in [3.8, 4) is 28.5 Å². The Labute approximate surface area is 206 Å². The fourth-order valence-corrected chi connectivity index (χ4v) is 5.28. The zero-order valence-corrected chi connectivity index (χ0v) is 20.2. The molecule has 5 aromatic rings. The number of nitrogens with zero attached hydrogens (tertiary/aromatic N) is 3. The number of benzene rings is 2. The Balaban J connectivity index is 1.73. The van der Waals surface area contributed by atoms with Crippen molar-refractivity contribution in [3.63, 3.8) is 0 Å². The van der Waals surface area contributed by atoms with Crippen molar-refractivity contribution >= 4 is 26.6 Å². The summed E-state index contributed by atoms with van der Waals surface area (Å²) in [4.78, 5) is 17.6. The topological polar surface area (TPSA) is 129 Å². The maximum absolute atomic E-state index is 13.5. The zero-order chi connectivity index (χ0) is 25.6. The van der Waals surface area contributed by atoms with E-state index in [2.05, 4.69) is 4.98 Å². The number of aromatic hydroxyl groups is 1. The number of ether oxygens (including phenoxy) is 1. The maximum Gasteiger partial charge on any atom is 0.275 e. The normalized spacial score (nSPS) is 11.6. The van der Waals surface area contributed by atoms with Crippen LogP contribution < -0.4 is 16.0 Å². The Hall–Kier alpha value is -4.57. The Morgan fingerprint density at radius 3 is 2.39 bits per heavy atom. The van der Waals surface area contributed by atoms with Crippen molar-refractivity contribution in [1.29, 1.82) is 0 Å². The third kappa shape index (κ3) is 3.97. The summed E-state index contributed by atoms with van der Waals surface area (Å²) in [6.07, 6.45) is 4.39. The van der Waals surface area contributed by atoms with Crippen LogP contribution in [0.3, 0.4) is 0 Å². The fourth-order valence-electron chi connectivity index (χ4n) is 3.94. The minimum absolute atomic E-state index is 0.00594. The Bertz CT molecular complexity index is 1770. The van der Waals surface area contributed by atoms with Gasteiger partial charge in [0.05, 0.1) is 16.8 Å². The first-order chi connectivity index (χ1) is 17.1. The molecule has 5 rings (SSSR count). The molecule has 0 bridgehead atoms. The largest absolute Gasteiger partial charge is 0.508 e. The van der Waals surface area contributed by atoms with Gasteiger partial charge in [-0.05, 0) is 55.5 Å². The molecule has 182 valence electrons. The molecule has 3 heterocycles. The minimum atomic E-state index is -4.04. The average molecular weight is 503 g/mol. The lowest BCUT2D eigenvalue weighted by Gasteiger charge is -2.14. The van der Waals surface area contributed by atoms with Crippen molar-refractivity contribution in [2.45, 2.75) is 11.8 Å². The van der Waals surface area contributed by atoms with Gasteiger partial charge in [0.1, 0.15) is 17.0 Å². The first-order valence-corrected chi connectivity index (χ1v) is 12.3. The smallest absolute Gasteiger partial charge is 0.275 e. The standard InChI is InChI=1S/C26H22N4O5S/c1-16-3-9-20(10-4-16)36(33,34)30-12-11-21-23(15-29(2)26(32)24(21)30)22-13-17(27)14-28-25(22)35-19-7-5-18(31)6-8-19/h3-15,31H,27H2,1-2H3. The Morgan fingerprint density at radius 2 is 1.69 bits per heavy atom. The summed E-state index contributed by atoms with van der Waals surface area (Å²) in [7, 11) is -2.50. The number of hydrogen-bond donors (Lipinski definition) is 2. The van der Waals surface area contributed by atoms with E-state index in [-0.39, 0.29) is 22.0 Å². The lowest BCUT2D eigenvalue weighted by Crippen LogP contribution is -2.22. The summed E-state index contributed by atoms with van der Waals surface area (Å²) < 4.78 is 35.2. The number of hydrogen-bond acceptors (Lipinski definition) is 7. The van der Waals surface area contributed by atoms with Gasteiger partial charge in [0.15, 0.2) is 0 Å². The molecule has 3 aromatic heterocycles. The number of aryl methyl sites for hydroxylation is 2. The highest BCUT2D eigenvalue weighted by atomic mass is 32.2. The Kier molecular flexibility index (Phi) is 5.52. The molecule has 0 saturated heterocycles. The predicted octanol–water partition coefficient (Wildman–Crippen LogP) is 4.03. The number of aromatic nitrogens is 3. The monoisotopic (exact) mass is 502 g/mol. The van der Waals surface area contributed by atoms with Crippen LogP contribution in [0.1, 0.15) is 5.56 Å². The molecule has 9 nitrogen and oxygen atoms in total. The molecule has 0 radical (unpaired) electrons. The van der Waals surface area contributed by atoms with Crippen LogP contribution >= 0.6 is 0 Å². The van der Waals surface area contributed by atoms with Gasteiger partial charge >= 0.3 is 0 Å². The molecule has 0 spiro atoms. The van der Waals surface area contributed by atoms with Gasteiger partial charge in [-0.2, -0.15) is 0 Å². The molecule has 3 N–H and O–H groups in total. The SMILES string of the molecule is Cc1ccc(S(=O)(=O)n2ccc3c(-c4cc(N)cnc4Oc4ccc(O)cc4)cn(C)c(=O)c32)cc1. The summed E-state index contributed by atoms with van der Waals surface area (Å²) >= 11 is 0. The second-order valence-electron chi connectivity index (χ2n) is 8.37. The summed E-state index contributed by atoms with van der Waals surface area (Å²) in [6, 6.07) is 15.8. The molecule has 0 fully saturated rings. The van der Waals surface area contributed by atoms with E-state index in [0.29, 0.717) is 28.0 Å². The number of pyridine rings is 2. The molecule has 2 aromatic carbocycles. The van der Waals surface area contributed by atoms with Crippen molar-refractivity contribution in [2.75, 3.05) is 5.73 Å². The average Bonchev–Trinajstić information content (AvgIpc) is 3.31. The third-order valence-electron chi connectivity index (χ3n) is 5.78. The highest BCUT2D eigenvalue weighted by Crippen LogP contribution is 2.37. The molecule has 36 heavy (non-hydrogen) atoms. The van der Waals surface area contributed by atoms with Gasteiger partial charge in [-0.3, -0.25) is 4.79 Å². The number of anilines is 1. The van der Waals surface area contributed by atoms with E-state index in [0.717, 1.165) is 9.54 Å². The van der Waals surface area contributed by atoms with Crippen LogP contribution in [0.2, 0.25) is 0 Å². The van der Waals surface area contributed by atoms with Crippen molar-refractivity contribution in [3.05, 3.63) is 95.2 Å². The summed E-state index contributed by atoms with van der Waals surface area (Å²) in [6.45, 7) is 1.86. The lowest BCUT2D eigenvalue weighted by atomic mass is 10.0. The molecule has 0 aliphatic rings. The van der Waals surface area contributed by atoms with Crippen LogP contribution in [0, 0.1) is 6.92 Å². The van der Waals surface area contributed by atoms with Gasteiger partial charge < -0.3 is 20.1 Å². The molecule has 0 amide bonds. The second kappa shape index (κ2) is 8.58. The number of nitrogen functional groups attached to an aromatic ring is 1. The summed E-state index contributed by atoms with van der Waals surface area (Å²) in [5.41, 5.74) is 7.80. The molecule has 0 aliphatic heterocycles. The maximum atomic E-state index is 13.5. The molecular weight excluding hydrogens is 480 g/mol. The van der Waals surface area contributed by atoms with Crippen LogP contribution in [0.5, 0.6) is 17.4 Å². The van der Waals surface area contributed by atoms with E-state index < -0.39 is 15.6 Å². The van der Waals surface area contributed by atoms with Crippen LogP contribution in [-0.2, 0) is 17.1 Å². The third-order valence-corrected chi connectivity index (χ3v) is 7.47. The molecular formula is C26H22N4O5S. The zero-order valence-electron chi connectivity index (χ0n) is 19.4. The van der Waals surface area contributed by atoms with Crippen molar-refractivity contribution in [2.24, 2.45) is 7.05 Å². The van der Waals surface area contributed by atoms with Crippen LogP contribution in [0.4, 0.5) is 5.69 Å². The van der Waals surface area contributed by atoms with E-state index >= 15 is 0 Å². The lowest BCUT2D eigenvalue weighted by molar-refractivity contribution is 0.455. The fraction of sp³-hybridized carbons (Fsp3) is 0.0769. The van der Waals surface area contributed by atoms with Gasteiger partial charge in [-0.1, -0.05) is 17.7 Å². The van der Waals surface area contributed by atoms with E-state index in [9.17, 15) is 18.3 Å². The quantitative estimate of drug-likeness (QED) is 0.371. The second-order valence-corrected chi connectivity index (χ2v) is 10.2. The van der Waals surface area contributed by atoms with Crippen LogP contribution in [0.25, 0.3) is 22.0 Å². The summed E-state index contributed by atoms with van der Waals surface area (Å²) in [5.74, 6) is 0.708. The van der Waals surface area contributed by atoms with Gasteiger partial charge in [0.2, 0.25) is 5.88 Å². The van der Waals surface area contributed by atoms with Gasteiger partial charge in [-0.15, -0.1) is 0 Å². The first-order valence-electron chi connectivity index (χ1n) is 10.9. The molecule has 10 heteroatoms.